The minimum Gasteiger partial charge on any atom is -0.388 e. The predicted molar refractivity (Wildman–Crippen MR) is 68.3 cm³/mol. The van der Waals surface area contributed by atoms with E-state index in [4.69, 9.17) is 0 Å². The van der Waals surface area contributed by atoms with Crippen molar-refractivity contribution in [2.24, 2.45) is 16.7 Å². The van der Waals surface area contributed by atoms with E-state index in [1.54, 1.807) is 0 Å². The van der Waals surface area contributed by atoms with Gasteiger partial charge in [0.2, 0.25) is 0 Å². The molecule has 0 aliphatic heterocycles. The van der Waals surface area contributed by atoms with Crippen molar-refractivity contribution in [3.8, 4) is 6.07 Å². The number of aliphatic hydroxyl groups is 1. The quantitative estimate of drug-likeness (QED) is 0.811. The molecule has 2 aliphatic carbocycles. The van der Waals surface area contributed by atoms with Gasteiger partial charge in [0.1, 0.15) is 0 Å². The highest BCUT2D eigenvalue weighted by Crippen LogP contribution is 2.62. The second-order valence-corrected chi connectivity index (χ2v) is 6.68. The van der Waals surface area contributed by atoms with Crippen molar-refractivity contribution in [2.75, 3.05) is 0 Å². The molecule has 2 aliphatic rings. The molecule has 1 atom stereocenters. The maximum atomic E-state index is 10.9. The van der Waals surface area contributed by atoms with Crippen LogP contribution in [0.15, 0.2) is 0 Å². The van der Waals surface area contributed by atoms with E-state index in [1.807, 2.05) is 6.92 Å². The summed E-state index contributed by atoms with van der Waals surface area (Å²) in [5.74, 6) is 0.763. The summed E-state index contributed by atoms with van der Waals surface area (Å²) in [5.41, 5.74) is -1.32. The third kappa shape index (κ3) is 1.80. The second kappa shape index (κ2) is 3.99. The molecule has 0 heterocycles. The van der Waals surface area contributed by atoms with Gasteiger partial charge in [-0.3, -0.25) is 0 Å². The van der Waals surface area contributed by atoms with Crippen molar-refractivity contribution in [1.82, 2.24) is 0 Å². The number of hydrogen-bond donors (Lipinski definition) is 1. The van der Waals surface area contributed by atoms with Gasteiger partial charge in [0.25, 0.3) is 0 Å². The lowest BCUT2D eigenvalue weighted by Gasteiger charge is -2.48. The molecule has 2 saturated carbocycles. The van der Waals surface area contributed by atoms with E-state index >= 15 is 0 Å². The van der Waals surface area contributed by atoms with Gasteiger partial charge in [0, 0.05) is 0 Å². The summed E-state index contributed by atoms with van der Waals surface area (Å²) in [6.45, 7) is 6.28. The van der Waals surface area contributed by atoms with E-state index in [-0.39, 0.29) is 5.41 Å². The van der Waals surface area contributed by atoms with Crippen LogP contribution >= 0.6 is 0 Å². The number of nitrogens with zero attached hydrogens (tertiary/aromatic N) is 1. The van der Waals surface area contributed by atoms with Crippen molar-refractivity contribution in [3.63, 3.8) is 0 Å². The summed E-state index contributed by atoms with van der Waals surface area (Å²) >= 11 is 0. The molecule has 0 aromatic rings. The first-order valence-corrected chi connectivity index (χ1v) is 7.04. The standard InChI is InChI=1S/C15H25NO/c1-4-12-5-7-15(11-16,8-6-12)14(3,17)13(2)9-10-13/h12,17H,4-10H2,1-3H3. The first-order chi connectivity index (χ1) is 7.91. The number of hydrogen-bond acceptors (Lipinski definition) is 2. The largest absolute Gasteiger partial charge is 0.388 e. The van der Waals surface area contributed by atoms with E-state index in [0.717, 1.165) is 44.4 Å². The van der Waals surface area contributed by atoms with E-state index in [9.17, 15) is 10.4 Å². The van der Waals surface area contributed by atoms with Crippen molar-refractivity contribution in [2.45, 2.75) is 71.3 Å². The minimum atomic E-state index is -0.812. The molecular weight excluding hydrogens is 210 g/mol. The molecule has 1 unspecified atom stereocenters. The molecule has 0 aromatic heterocycles. The summed E-state index contributed by atoms with van der Waals surface area (Å²) < 4.78 is 0. The Morgan fingerprint density at radius 2 is 1.82 bits per heavy atom. The lowest BCUT2D eigenvalue weighted by molar-refractivity contribution is -0.112. The molecule has 0 amide bonds. The van der Waals surface area contributed by atoms with Gasteiger partial charge in [0.15, 0.2) is 0 Å². The molecule has 2 heteroatoms. The molecule has 0 radical (unpaired) electrons. The molecule has 2 fully saturated rings. The van der Waals surface area contributed by atoms with Gasteiger partial charge >= 0.3 is 0 Å². The zero-order chi connectivity index (χ0) is 12.7. The lowest BCUT2D eigenvalue weighted by atomic mass is 9.58. The van der Waals surface area contributed by atoms with Gasteiger partial charge in [-0.2, -0.15) is 5.26 Å². The zero-order valence-electron chi connectivity index (χ0n) is 11.4. The maximum Gasteiger partial charge on any atom is 0.0863 e. The molecule has 2 nitrogen and oxygen atoms in total. The summed E-state index contributed by atoms with van der Waals surface area (Å²) in [6, 6.07) is 2.50. The Hall–Kier alpha value is -0.550. The first kappa shape index (κ1) is 12.9. The number of nitriles is 1. The normalized spacial score (nSPS) is 39.1. The zero-order valence-corrected chi connectivity index (χ0v) is 11.4. The third-order valence-electron chi connectivity index (χ3n) is 5.86. The van der Waals surface area contributed by atoms with Crippen LogP contribution in [0.1, 0.15) is 65.7 Å². The highest BCUT2D eigenvalue weighted by Gasteiger charge is 2.63. The Morgan fingerprint density at radius 3 is 2.18 bits per heavy atom. The summed E-state index contributed by atoms with van der Waals surface area (Å²) in [5, 5.41) is 20.5. The second-order valence-electron chi connectivity index (χ2n) is 6.68. The van der Waals surface area contributed by atoms with Crippen molar-refractivity contribution in [3.05, 3.63) is 0 Å². The topological polar surface area (TPSA) is 44.0 Å². The van der Waals surface area contributed by atoms with Gasteiger partial charge < -0.3 is 5.11 Å². The van der Waals surface area contributed by atoms with Gasteiger partial charge in [-0.05, 0) is 56.8 Å². The first-order valence-electron chi connectivity index (χ1n) is 7.04. The van der Waals surface area contributed by atoms with Crippen LogP contribution in [-0.2, 0) is 0 Å². The van der Waals surface area contributed by atoms with Crippen LogP contribution in [0.25, 0.3) is 0 Å². The molecule has 0 spiro atoms. The van der Waals surface area contributed by atoms with E-state index in [2.05, 4.69) is 19.9 Å². The van der Waals surface area contributed by atoms with E-state index in [1.165, 1.54) is 6.42 Å². The fourth-order valence-corrected chi connectivity index (χ4v) is 3.54. The summed E-state index contributed by atoms with van der Waals surface area (Å²) in [7, 11) is 0. The summed E-state index contributed by atoms with van der Waals surface area (Å²) in [6.07, 6.45) is 7.32. The van der Waals surface area contributed by atoms with E-state index in [0.29, 0.717) is 0 Å². The van der Waals surface area contributed by atoms with Crippen LogP contribution in [-0.4, -0.2) is 10.7 Å². The third-order valence-corrected chi connectivity index (χ3v) is 5.86. The minimum absolute atomic E-state index is 0.0121. The molecule has 96 valence electrons. The molecular formula is C15H25NO. The highest BCUT2D eigenvalue weighted by atomic mass is 16.3. The molecule has 2 rings (SSSR count). The summed E-state index contributed by atoms with van der Waals surface area (Å²) in [4.78, 5) is 0. The molecule has 0 bridgehead atoms. The SMILES string of the molecule is CCC1CCC(C#N)(C(C)(O)C2(C)CC2)CC1. The van der Waals surface area contributed by atoms with Crippen LogP contribution < -0.4 is 0 Å². The van der Waals surface area contributed by atoms with Crippen LogP contribution in [0.4, 0.5) is 0 Å². The Bertz CT molecular complexity index is 327. The van der Waals surface area contributed by atoms with Crippen LogP contribution in [0.5, 0.6) is 0 Å². The van der Waals surface area contributed by atoms with Crippen LogP contribution in [0.2, 0.25) is 0 Å². The predicted octanol–water partition coefficient (Wildman–Crippen LogP) is 3.65. The smallest absolute Gasteiger partial charge is 0.0863 e. The molecule has 0 aromatic carbocycles. The Balaban J connectivity index is 2.19. The Kier molecular flexibility index (Phi) is 3.02. The van der Waals surface area contributed by atoms with E-state index < -0.39 is 11.0 Å². The van der Waals surface area contributed by atoms with Crippen molar-refractivity contribution in [1.29, 1.82) is 5.26 Å². The Labute approximate surface area is 105 Å². The lowest BCUT2D eigenvalue weighted by Crippen LogP contribution is -2.52. The van der Waals surface area contributed by atoms with Crippen molar-refractivity contribution < 1.29 is 5.11 Å². The van der Waals surface area contributed by atoms with Crippen LogP contribution in [0, 0.1) is 28.1 Å². The molecule has 17 heavy (non-hydrogen) atoms. The average molecular weight is 235 g/mol. The van der Waals surface area contributed by atoms with Gasteiger partial charge in [-0.25, -0.2) is 0 Å². The molecule has 0 saturated heterocycles. The van der Waals surface area contributed by atoms with Gasteiger partial charge in [0.05, 0.1) is 17.1 Å². The van der Waals surface area contributed by atoms with Crippen LogP contribution in [0.3, 0.4) is 0 Å². The monoisotopic (exact) mass is 235 g/mol. The Morgan fingerprint density at radius 1 is 1.29 bits per heavy atom. The average Bonchev–Trinajstić information content (AvgIpc) is 3.09. The maximum absolute atomic E-state index is 10.9. The fraction of sp³-hybridized carbons (Fsp3) is 0.933. The van der Waals surface area contributed by atoms with Crippen molar-refractivity contribution >= 4 is 0 Å². The fourth-order valence-electron chi connectivity index (χ4n) is 3.54. The highest BCUT2D eigenvalue weighted by molar-refractivity contribution is 5.19. The van der Waals surface area contributed by atoms with Gasteiger partial charge in [-0.1, -0.05) is 20.3 Å². The number of rotatable bonds is 3. The van der Waals surface area contributed by atoms with Gasteiger partial charge in [-0.15, -0.1) is 0 Å². The molecule has 1 N–H and O–H groups in total.